The predicted octanol–water partition coefficient (Wildman–Crippen LogP) is 4.82. The minimum Gasteiger partial charge on any atom is -0.465 e. The van der Waals surface area contributed by atoms with Crippen molar-refractivity contribution >= 4 is 62.8 Å². The van der Waals surface area contributed by atoms with Gasteiger partial charge in [0.25, 0.3) is 23.2 Å². The Labute approximate surface area is 205 Å². The van der Waals surface area contributed by atoms with Crippen molar-refractivity contribution in [3.05, 3.63) is 89.3 Å². The van der Waals surface area contributed by atoms with Crippen LogP contribution in [0.2, 0.25) is 5.02 Å². The zero-order valence-electron chi connectivity index (χ0n) is 18.0. The molecule has 12 nitrogen and oxygen atoms in total. The summed E-state index contributed by atoms with van der Waals surface area (Å²) in [6.07, 6.45) is 0. The molecule has 1 aromatic heterocycles. The molecule has 0 saturated heterocycles. The Bertz CT molecular complexity index is 1360. The highest BCUT2D eigenvalue weighted by molar-refractivity contribution is 7.19. The van der Waals surface area contributed by atoms with Gasteiger partial charge in [-0.15, -0.1) is 11.3 Å². The molecule has 0 atom stereocenters. The third kappa shape index (κ3) is 5.59. The van der Waals surface area contributed by atoms with E-state index < -0.39 is 44.6 Å². The van der Waals surface area contributed by atoms with E-state index in [2.05, 4.69) is 10.6 Å². The molecule has 1 heterocycles. The number of carbonyl (C=O) groups excluding carboxylic acids is 3. The van der Waals surface area contributed by atoms with Crippen LogP contribution in [0.15, 0.2) is 42.5 Å². The number of thiophene rings is 1. The number of anilines is 2. The molecule has 0 bridgehead atoms. The summed E-state index contributed by atoms with van der Waals surface area (Å²) in [5.41, 5.74) is -1.23. The first-order valence-corrected chi connectivity index (χ1v) is 10.7. The highest BCUT2D eigenvalue weighted by Gasteiger charge is 2.28. The van der Waals surface area contributed by atoms with E-state index in [1.165, 1.54) is 13.0 Å². The molecule has 0 radical (unpaired) electrons. The molecule has 0 fully saturated rings. The normalized spacial score (nSPS) is 10.4. The molecule has 0 aliphatic heterocycles. The van der Waals surface area contributed by atoms with Crippen molar-refractivity contribution < 1.29 is 29.0 Å². The minimum atomic E-state index is -0.968. The number of hydrogen-bond acceptors (Lipinski definition) is 9. The van der Waals surface area contributed by atoms with Gasteiger partial charge in [-0.2, -0.15) is 0 Å². The molecule has 2 N–H and O–H groups in total. The molecule has 2 aromatic carbocycles. The Balaban J connectivity index is 1.99. The van der Waals surface area contributed by atoms with E-state index in [0.717, 1.165) is 30.6 Å². The number of nitro benzene ring substituents is 2. The molecular weight excluding hydrogens is 504 g/mol. The SMILES string of the molecule is COC(=O)c1c(NC(=O)c2cc([N+](=O)[O-])cc([N+](=O)[O-])c2)sc(C(=O)Nc2cccc(Cl)c2)c1C. The molecule has 0 saturated carbocycles. The van der Waals surface area contributed by atoms with Crippen LogP contribution in [0, 0.1) is 27.2 Å². The molecular formula is C21H15ClN4O8S. The highest BCUT2D eigenvalue weighted by atomic mass is 35.5. The molecule has 2 amide bonds. The van der Waals surface area contributed by atoms with Crippen LogP contribution in [0.25, 0.3) is 0 Å². The smallest absolute Gasteiger partial charge is 0.341 e. The van der Waals surface area contributed by atoms with Gasteiger partial charge in [0, 0.05) is 22.8 Å². The van der Waals surface area contributed by atoms with Crippen LogP contribution in [0.1, 0.15) is 36.0 Å². The lowest BCUT2D eigenvalue weighted by atomic mass is 10.1. The lowest BCUT2D eigenvalue weighted by Crippen LogP contribution is -2.15. The van der Waals surface area contributed by atoms with Crippen LogP contribution in [0.5, 0.6) is 0 Å². The van der Waals surface area contributed by atoms with Crippen molar-refractivity contribution in [2.45, 2.75) is 6.92 Å². The van der Waals surface area contributed by atoms with Gasteiger partial charge in [0.15, 0.2) is 0 Å². The van der Waals surface area contributed by atoms with Crippen LogP contribution in [0.3, 0.4) is 0 Å². The van der Waals surface area contributed by atoms with Crippen LogP contribution >= 0.6 is 22.9 Å². The van der Waals surface area contributed by atoms with E-state index in [-0.39, 0.29) is 21.0 Å². The summed E-state index contributed by atoms with van der Waals surface area (Å²) in [5.74, 6) is -2.41. The lowest BCUT2D eigenvalue weighted by Gasteiger charge is -2.06. The fraction of sp³-hybridized carbons (Fsp3) is 0.0952. The van der Waals surface area contributed by atoms with Crippen LogP contribution in [-0.4, -0.2) is 34.7 Å². The Hall–Kier alpha value is -4.36. The molecule has 0 unspecified atom stereocenters. The third-order valence-corrected chi connectivity index (χ3v) is 6.08. The van der Waals surface area contributed by atoms with E-state index >= 15 is 0 Å². The zero-order chi connectivity index (χ0) is 25.9. The number of nitro groups is 2. The summed E-state index contributed by atoms with van der Waals surface area (Å²) < 4.78 is 4.76. The first-order valence-electron chi connectivity index (χ1n) is 9.55. The number of non-ortho nitro benzene ring substituents is 2. The quantitative estimate of drug-likeness (QED) is 0.254. The van der Waals surface area contributed by atoms with Crippen molar-refractivity contribution in [1.82, 2.24) is 0 Å². The fourth-order valence-electron chi connectivity index (χ4n) is 3.03. The van der Waals surface area contributed by atoms with E-state index in [9.17, 15) is 34.6 Å². The van der Waals surface area contributed by atoms with Crippen LogP contribution in [0.4, 0.5) is 22.1 Å². The summed E-state index contributed by atoms with van der Waals surface area (Å²) >= 11 is 6.69. The van der Waals surface area contributed by atoms with Gasteiger partial charge in [0.05, 0.1) is 39.0 Å². The molecule has 0 aliphatic rings. The van der Waals surface area contributed by atoms with Gasteiger partial charge in [-0.05, 0) is 30.7 Å². The van der Waals surface area contributed by atoms with E-state index in [4.69, 9.17) is 16.3 Å². The van der Waals surface area contributed by atoms with E-state index in [0.29, 0.717) is 16.8 Å². The van der Waals surface area contributed by atoms with Crippen molar-refractivity contribution in [3.63, 3.8) is 0 Å². The van der Waals surface area contributed by atoms with Gasteiger partial charge in [-0.1, -0.05) is 17.7 Å². The number of ether oxygens (including phenoxy) is 1. The number of hydrogen-bond donors (Lipinski definition) is 2. The zero-order valence-corrected chi connectivity index (χ0v) is 19.6. The molecule has 14 heteroatoms. The maximum Gasteiger partial charge on any atom is 0.341 e. The van der Waals surface area contributed by atoms with Gasteiger partial charge < -0.3 is 15.4 Å². The number of esters is 1. The van der Waals surface area contributed by atoms with Crippen molar-refractivity contribution in [2.75, 3.05) is 17.7 Å². The predicted molar refractivity (Wildman–Crippen MR) is 128 cm³/mol. The molecule has 3 aromatic rings. The van der Waals surface area contributed by atoms with Crippen LogP contribution in [-0.2, 0) is 4.74 Å². The molecule has 0 aliphatic carbocycles. The molecule has 180 valence electrons. The number of benzene rings is 2. The minimum absolute atomic E-state index is 0.0747. The number of nitrogens with one attached hydrogen (secondary N) is 2. The second-order valence-electron chi connectivity index (χ2n) is 6.92. The third-order valence-electron chi connectivity index (χ3n) is 4.64. The van der Waals surface area contributed by atoms with Gasteiger partial charge in [-0.3, -0.25) is 29.8 Å². The van der Waals surface area contributed by atoms with Crippen molar-refractivity contribution in [2.24, 2.45) is 0 Å². The van der Waals surface area contributed by atoms with Gasteiger partial charge >= 0.3 is 5.97 Å². The first-order chi connectivity index (χ1) is 16.5. The number of nitrogens with zero attached hydrogens (tertiary/aromatic N) is 2. The average molecular weight is 519 g/mol. The Morgan fingerprint density at radius 1 is 0.971 bits per heavy atom. The number of methoxy groups -OCH3 is 1. The second kappa shape index (κ2) is 10.3. The van der Waals surface area contributed by atoms with Crippen molar-refractivity contribution in [3.8, 4) is 0 Å². The number of halogens is 1. The average Bonchev–Trinajstić information content (AvgIpc) is 3.13. The number of carbonyl (C=O) groups is 3. The summed E-state index contributed by atoms with van der Waals surface area (Å²) in [4.78, 5) is 58.7. The fourth-order valence-corrected chi connectivity index (χ4v) is 4.31. The van der Waals surface area contributed by atoms with Gasteiger partial charge in [0.1, 0.15) is 5.00 Å². The Morgan fingerprint density at radius 3 is 2.14 bits per heavy atom. The Morgan fingerprint density at radius 2 is 1.60 bits per heavy atom. The summed E-state index contributed by atoms with van der Waals surface area (Å²) in [7, 11) is 1.11. The van der Waals surface area contributed by atoms with Gasteiger partial charge in [0.2, 0.25) is 0 Å². The highest BCUT2D eigenvalue weighted by Crippen LogP contribution is 2.35. The van der Waals surface area contributed by atoms with Crippen molar-refractivity contribution in [1.29, 1.82) is 0 Å². The summed E-state index contributed by atoms with van der Waals surface area (Å²) in [6.45, 7) is 1.48. The summed E-state index contributed by atoms with van der Waals surface area (Å²) in [6, 6.07) is 8.79. The van der Waals surface area contributed by atoms with E-state index in [1.807, 2.05) is 0 Å². The Kier molecular flexibility index (Phi) is 7.42. The van der Waals surface area contributed by atoms with Gasteiger partial charge in [-0.25, -0.2) is 4.79 Å². The maximum atomic E-state index is 12.9. The molecule has 0 spiro atoms. The van der Waals surface area contributed by atoms with Crippen LogP contribution < -0.4 is 10.6 Å². The van der Waals surface area contributed by atoms with E-state index in [1.54, 1.807) is 18.2 Å². The monoisotopic (exact) mass is 518 g/mol. The molecule has 3 rings (SSSR count). The lowest BCUT2D eigenvalue weighted by molar-refractivity contribution is -0.394. The standard InChI is InChI=1S/C21H15ClN4O8S/c1-10-16(21(29)34-2)20(35-17(10)19(28)23-13-5-3-4-12(22)8-13)24-18(27)11-6-14(25(30)31)9-15(7-11)26(32)33/h3-9H,1-2H3,(H,23,28)(H,24,27). The second-order valence-corrected chi connectivity index (χ2v) is 8.38. The first kappa shape index (κ1) is 25.3. The number of rotatable bonds is 7. The number of amides is 2. The molecule has 35 heavy (non-hydrogen) atoms. The summed E-state index contributed by atoms with van der Waals surface area (Å²) in [5, 5.41) is 27.6. The largest absolute Gasteiger partial charge is 0.465 e. The maximum absolute atomic E-state index is 12.9. The topological polar surface area (TPSA) is 171 Å².